The van der Waals surface area contributed by atoms with E-state index in [1.165, 1.54) is 18.4 Å². The first-order valence-corrected chi connectivity index (χ1v) is 11.0. The quantitative estimate of drug-likeness (QED) is 0.624. The number of hydrogen-bond acceptors (Lipinski definition) is 7. The normalized spacial score (nSPS) is 15.7. The second-order valence-corrected chi connectivity index (χ2v) is 8.33. The van der Waals surface area contributed by atoms with Gasteiger partial charge in [0.2, 0.25) is 0 Å². The maximum absolute atomic E-state index is 11.3. The van der Waals surface area contributed by atoms with Crippen molar-refractivity contribution in [3.8, 4) is 17.3 Å². The highest BCUT2D eigenvalue weighted by Gasteiger charge is 2.25. The fourth-order valence-electron chi connectivity index (χ4n) is 4.00. The summed E-state index contributed by atoms with van der Waals surface area (Å²) in [5.74, 6) is 2.71. The number of anilines is 3. The molecule has 3 N–H and O–H groups in total. The zero-order valence-corrected chi connectivity index (χ0v) is 18.1. The van der Waals surface area contributed by atoms with E-state index in [4.69, 9.17) is 16.0 Å². The van der Waals surface area contributed by atoms with Crippen LogP contribution in [0.4, 0.5) is 22.2 Å². The number of aromatic nitrogens is 3. The molecule has 0 unspecified atom stereocenters. The predicted molar refractivity (Wildman–Crippen MR) is 125 cm³/mol. The average molecular weight is 441 g/mol. The Morgan fingerprint density at radius 3 is 2.55 bits per heavy atom. The van der Waals surface area contributed by atoms with Gasteiger partial charge in [-0.1, -0.05) is 0 Å². The number of pyridine rings is 3. The fraction of sp³-hybridized carbons (Fsp3) is 0.292. The molecule has 0 spiro atoms. The maximum Gasteiger partial charge on any atom is 0.314 e. The number of nitrogens with one attached hydrogen (secondary N) is 1. The van der Waals surface area contributed by atoms with Gasteiger partial charge in [-0.25, -0.2) is 19.7 Å². The van der Waals surface area contributed by atoms with Crippen LogP contribution in [-0.2, 0) is 0 Å². The van der Waals surface area contributed by atoms with Gasteiger partial charge in [0.1, 0.15) is 17.5 Å². The van der Waals surface area contributed by atoms with Gasteiger partial charge < -0.3 is 20.9 Å². The smallest absolute Gasteiger partial charge is 0.314 e. The summed E-state index contributed by atoms with van der Waals surface area (Å²) in [5.41, 5.74) is 8.93. The lowest BCUT2D eigenvalue weighted by Gasteiger charge is -2.34. The number of piperazine rings is 1. The van der Waals surface area contributed by atoms with Gasteiger partial charge in [-0.3, -0.25) is 0 Å². The van der Waals surface area contributed by atoms with Crippen molar-refractivity contribution in [2.24, 2.45) is 5.73 Å². The highest BCUT2D eigenvalue weighted by Crippen LogP contribution is 2.42. The van der Waals surface area contributed by atoms with Crippen molar-refractivity contribution in [2.45, 2.75) is 18.8 Å². The zero-order chi connectivity index (χ0) is 22.8. The Morgan fingerprint density at radius 1 is 1.06 bits per heavy atom. The minimum Gasteiger partial charge on any atom is -0.353 e. The third-order valence-corrected chi connectivity index (χ3v) is 6.00. The Morgan fingerprint density at radius 2 is 1.88 bits per heavy atom. The summed E-state index contributed by atoms with van der Waals surface area (Å²) in [6.45, 7) is 2.60. The van der Waals surface area contributed by atoms with Crippen LogP contribution in [0.5, 0.6) is 0 Å². The van der Waals surface area contributed by atoms with Crippen LogP contribution in [0.1, 0.15) is 29.9 Å². The Kier molecular flexibility index (Phi) is 5.48. The van der Waals surface area contributed by atoms with E-state index in [-0.39, 0.29) is 6.03 Å². The molecule has 2 fully saturated rings. The lowest BCUT2D eigenvalue weighted by Crippen LogP contribution is -2.50. The van der Waals surface area contributed by atoms with Gasteiger partial charge in [-0.2, -0.15) is 5.26 Å². The number of nitrogens with zero attached hydrogens (tertiary/aromatic N) is 6. The largest absolute Gasteiger partial charge is 0.353 e. The average Bonchev–Trinajstić information content (AvgIpc) is 3.70. The molecular weight excluding hydrogens is 416 g/mol. The number of hydrogen-bond donors (Lipinski definition) is 2. The van der Waals surface area contributed by atoms with Crippen molar-refractivity contribution >= 4 is 23.5 Å². The third-order valence-electron chi connectivity index (χ3n) is 6.00. The van der Waals surface area contributed by atoms with E-state index in [9.17, 15) is 4.79 Å². The van der Waals surface area contributed by atoms with Gasteiger partial charge in [0.05, 0.1) is 17.3 Å². The van der Waals surface area contributed by atoms with Gasteiger partial charge in [-0.15, -0.1) is 0 Å². The molecule has 3 aromatic rings. The van der Waals surface area contributed by atoms with Gasteiger partial charge in [0, 0.05) is 44.1 Å². The molecule has 1 saturated heterocycles. The molecule has 3 aromatic heterocycles. The van der Waals surface area contributed by atoms with Crippen LogP contribution in [-0.4, -0.2) is 52.1 Å². The lowest BCUT2D eigenvalue weighted by atomic mass is 10.1. The molecule has 0 atom stereocenters. The van der Waals surface area contributed by atoms with Gasteiger partial charge in [0.25, 0.3) is 0 Å². The molecule has 0 radical (unpaired) electrons. The summed E-state index contributed by atoms with van der Waals surface area (Å²) >= 11 is 0. The second kappa shape index (κ2) is 8.74. The molecule has 0 aromatic carbocycles. The first kappa shape index (κ1) is 20.7. The molecule has 5 rings (SSSR count). The zero-order valence-electron chi connectivity index (χ0n) is 18.1. The Bertz CT molecular complexity index is 1210. The third kappa shape index (κ3) is 4.70. The van der Waals surface area contributed by atoms with E-state index in [2.05, 4.69) is 38.4 Å². The maximum atomic E-state index is 11.3. The molecule has 166 valence electrons. The van der Waals surface area contributed by atoms with Gasteiger partial charge in [-0.05, 0) is 60.7 Å². The van der Waals surface area contributed by atoms with Crippen molar-refractivity contribution in [2.75, 3.05) is 36.4 Å². The SMILES string of the molecule is N#Cc1ccnc(Nc2cc(C3CC3)cc(-c3ccc(N4CCN(C(N)=O)CC4)nc3)n2)c1. The van der Waals surface area contributed by atoms with E-state index in [0.29, 0.717) is 49.3 Å². The second-order valence-electron chi connectivity index (χ2n) is 8.33. The number of carbonyl (C=O) groups is 1. The standard InChI is InChI=1S/C24H24N8O/c25-14-16-5-6-27-21(11-16)30-22-13-19(17-1-2-17)12-20(29-22)18-3-4-23(28-15-18)31-7-9-32(10-8-31)24(26)33/h3-6,11-13,15,17H,1-2,7-10H2,(H2,26,33)(H,27,29,30). The molecule has 9 heteroatoms. The van der Waals surface area contributed by atoms with Gasteiger partial charge in [0.15, 0.2) is 0 Å². The van der Waals surface area contributed by atoms with Crippen LogP contribution in [0.25, 0.3) is 11.3 Å². The number of rotatable bonds is 5. The number of urea groups is 1. The molecule has 1 saturated carbocycles. The summed E-state index contributed by atoms with van der Waals surface area (Å²) in [7, 11) is 0. The van der Waals surface area contributed by atoms with E-state index < -0.39 is 0 Å². The van der Waals surface area contributed by atoms with Crippen LogP contribution >= 0.6 is 0 Å². The summed E-state index contributed by atoms with van der Waals surface area (Å²) in [6, 6.07) is 13.3. The highest BCUT2D eigenvalue weighted by atomic mass is 16.2. The lowest BCUT2D eigenvalue weighted by molar-refractivity contribution is 0.204. The molecule has 1 aliphatic heterocycles. The molecule has 2 amide bonds. The fourth-order valence-corrected chi connectivity index (χ4v) is 4.00. The number of primary amides is 1. The monoisotopic (exact) mass is 440 g/mol. The van der Waals surface area contributed by atoms with Crippen LogP contribution in [0, 0.1) is 11.3 Å². The van der Waals surface area contributed by atoms with Crippen molar-refractivity contribution < 1.29 is 4.79 Å². The van der Waals surface area contributed by atoms with E-state index in [1.807, 2.05) is 18.3 Å². The Labute approximate surface area is 191 Å². The number of carbonyl (C=O) groups excluding carboxylic acids is 1. The molecule has 0 bridgehead atoms. The minimum absolute atomic E-state index is 0.376. The van der Waals surface area contributed by atoms with Crippen LogP contribution in [0.15, 0.2) is 48.8 Å². The van der Waals surface area contributed by atoms with Crippen molar-refractivity contribution in [3.63, 3.8) is 0 Å². The summed E-state index contributed by atoms with van der Waals surface area (Å²) in [6.07, 6.45) is 5.81. The van der Waals surface area contributed by atoms with E-state index in [1.54, 1.807) is 23.2 Å². The molecule has 33 heavy (non-hydrogen) atoms. The van der Waals surface area contributed by atoms with Crippen LogP contribution < -0.4 is 16.0 Å². The molecule has 1 aliphatic carbocycles. The minimum atomic E-state index is -0.376. The number of amides is 2. The number of nitriles is 1. The van der Waals surface area contributed by atoms with E-state index >= 15 is 0 Å². The molecule has 2 aliphatic rings. The van der Waals surface area contributed by atoms with Gasteiger partial charge >= 0.3 is 6.03 Å². The molecular formula is C24H24N8O. The topological polar surface area (TPSA) is 124 Å². The van der Waals surface area contributed by atoms with Crippen molar-refractivity contribution in [1.82, 2.24) is 19.9 Å². The first-order valence-electron chi connectivity index (χ1n) is 11.0. The van der Waals surface area contributed by atoms with Crippen LogP contribution in [0.2, 0.25) is 0 Å². The van der Waals surface area contributed by atoms with E-state index in [0.717, 1.165) is 17.1 Å². The molecule has 9 nitrogen and oxygen atoms in total. The predicted octanol–water partition coefficient (Wildman–Crippen LogP) is 3.23. The van der Waals surface area contributed by atoms with Crippen molar-refractivity contribution in [3.05, 3.63) is 59.9 Å². The van der Waals surface area contributed by atoms with Crippen molar-refractivity contribution in [1.29, 1.82) is 5.26 Å². The summed E-state index contributed by atoms with van der Waals surface area (Å²) < 4.78 is 0. The number of nitrogens with two attached hydrogens (primary N) is 1. The summed E-state index contributed by atoms with van der Waals surface area (Å²) in [4.78, 5) is 28.9. The Hall–Kier alpha value is -4.19. The Balaban J connectivity index is 1.37. The molecule has 4 heterocycles. The van der Waals surface area contributed by atoms with Crippen LogP contribution in [0.3, 0.4) is 0 Å². The highest BCUT2D eigenvalue weighted by molar-refractivity contribution is 5.72. The first-order chi connectivity index (χ1) is 16.1. The summed E-state index contributed by atoms with van der Waals surface area (Å²) in [5, 5.41) is 12.4.